The second-order valence-electron chi connectivity index (χ2n) is 4.83. The van der Waals surface area contributed by atoms with Crippen LogP contribution in [0.2, 0.25) is 0 Å². The topological polar surface area (TPSA) is 135 Å². The van der Waals surface area contributed by atoms with Crippen LogP contribution in [0.4, 0.5) is 0 Å². The number of carboxylic acid groups (broad SMARTS) is 1. The molecule has 3 atom stereocenters. The predicted octanol–water partition coefficient (Wildman–Crippen LogP) is -0.323. The van der Waals surface area contributed by atoms with Gasteiger partial charge in [-0.15, -0.1) is 0 Å². The first-order valence-electron chi connectivity index (χ1n) is 6.14. The van der Waals surface area contributed by atoms with E-state index < -0.39 is 18.1 Å². The highest BCUT2D eigenvalue weighted by molar-refractivity contribution is 5.84. The number of imidazole rings is 1. The SMILES string of the molecule is CC(CC(=O)C(N)Cc1c[nH]cn1)C[C@H](N)C(=O)O. The van der Waals surface area contributed by atoms with Crippen LogP contribution in [0, 0.1) is 5.92 Å². The minimum absolute atomic E-state index is 0.104. The molecule has 6 N–H and O–H groups in total. The van der Waals surface area contributed by atoms with Gasteiger partial charge in [-0.05, 0) is 12.3 Å². The maximum atomic E-state index is 11.9. The van der Waals surface area contributed by atoms with E-state index in [0.29, 0.717) is 6.42 Å². The van der Waals surface area contributed by atoms with Crippen molar-refractivity contribution in [3.8, 4) is 0 Å². The van der Waals surface area contributed by atoms with Gasteiger partial charge in [-0.25, -0.2) is 4.98 Å². The number of ketones is 1. The van der Waals surface area contributed by atoms with Crippen LogP contribution in [0.5, 0.6) is 0 Å². The third kappa shape index (κ3) is 5.19. The number of hydrogen-bond acceptors (Lipinski definition) is 5. The first kappa shape index (κ1) is 15.3. The first-order valence-corrected chi connectivity index (χ1v) is 6.14. The molecule has 1 heterocycles. The Kier molecular flexibility index (Phi) is 5.65. The lowest BCUT2D eigenvalue weighted by atomic mass is 9.93. The van der Waals surface area contributed by atoms with Gasteiger partial charge in [-0.1, -0.05) is 6.92 Å². The van der Waals surface area contributed by atoms with Gasteiger partial charge >= 0.3 is 5.97 Å². The number of aliphatic carboxylic acids is 1. The smallest absolute Gasteiger partial charge is 0.320 e. The molecule has 0 saturated heterocycles. The number of nitrogens with zero attached hydrogens (tertiary/aromatic N) is 1. The summed E-state index contributed by atoms with van der Waals surface area (Å²) in [6.07, 6.45) is 4.08. The molecule has 0 radical (unpaired) electrons. The maximum absolute atomic E-state index is 11.9. The third-order valence-electron chi connectivity index (χ3n) is 2.92. The van der Waals surface area contributed by atoms with Crippen molar-refractivity contribution >= 4 is 11.8 Å². The molecule has 1 rings (SSSR count). The Morgan fingerprint density at radius 1 is 1.42 bits per heavy atom. The fourth-order valence-electron chi connectivity index (χ4n) is 1.85. The second-order valence-corrected chi connectivity index (χ2v) is 4.83. The average Bonchev–Trinajstić information content (AvgIpc) is 2.81. The largest absolute Gasteiger partial charge is 0.480 e. The molecule has 7 nitrogen and oxygen atoms in total. The Bertz CT molecular complexity index is 419. The number of Topliss-reactive ketones (excluding diaryl/α,β-unsaturated/α-hetero) is 1. The van der Waals surface area contributed by atoms with E-state index in [4.69, 9.17) is 16.6 Å². The van der Waals surface area contributed by atoms with Gasteiger partial charge in [0.25, 0.3) is 0 Å². The van der Waals surface area contributed by atoms with Crippen LogP contribution in [0.1, 0.15) is 25.5 Å². The summed E-state index contributed by atoms with van der Waals surface area (Å²) in [5.41, 5.74) is 12.0. The van der Waals surface area contributed by atoms with E-state index in [1.54, 1.807) is 13.1 Å². The number of rotatable bonds is 8. The summed E-state index contributed by atoms with van der Waals surface area (Å²) in [4.78, 5) is 29.3. The van der Waals surface area contributed by atoms with Crippen molar-refractivity contribution in [2.75, 3.05) is 0 Å². The zero-order chi connectivity index (χ0) is 14.4. The van der Waals surface area contributed by atoms with Gasteiger partial charge in [0.2, 0.25) is 0 Å². The van der Waals surface area contributed by atoms with Crippen molar-refractivity contribution < 1.29 is 14.7 Å². The van der Waals surface area contributed by atoms with E-state index in [2.05, 4.69) is 9.97 Å². The van der Waals surface area contributed by atoms with Crippen molar-refractivity contribution in [1.82, 2.24) is 9.97 Å². The molecule has 0 bridgehead atoms. The summed E-state index contributed by atoms with van der Waals surface area (Å²) in [6.45, 7) is 1.79. The van der Waals surface area contributed by atoms with E-state index in [1.165, 1.54) is 6.33 Å². The van der Waals surface area contributed by atoms with Crippen LogP contribution in [-0.2, 0) is 16.0 Å². The molecular weight excluding hydrogens is 248 g/mol. The molecule has 0 aliphatic heterocycles. The summed E-state index contributed by atoms with van der Waals surface area (Å²) in [5.74, 6) is -1.27. The summed E-state index contributed by atoms with van der Waals surface area (Å²) < 4.78 is 0. The highest BCUT2D eigenvalue weighted by Gasteiger charge is 2.21. The number of nitrogens with one attached hydrogen (secondary N) is 1. The van der Waals surface area contributed by atoms with Crippen LogP contribution < -0.4 is 11.5 Å². The Balaban J connectivity index is 2.39. The average molecular weight is 268 g/mol. The van der Waals surface area contributed by atoms with Crippen molar-refractivity contribution in [1.29, 1.82) is 0 Å². The van der Waals surface area contributed by atoms with Gasteiger partial charge in [0, 0.05) is 19.0 Å². The number of aromatic nitrogens is 2. The normalized spacial score (nSPS) is 15.7. The summed E-state index contributed by atoms with van der Waals surface area (Å²) in [5, 5.41) is 8.70. The first-order chi connectivity index (χ1) is 8.90. The minimum atomic E-state index is -1.06. The minimum Gasteiger partial charge on any atom is -0.480 e. The Morgan fingerprint density at radius 3 is 2.63 bits per heavy atom. The molecule has 1 aromatic rings. The molecule has 0 spiro atoms. The van der Waals surface area contributed by atoms with Crippen LogP contribution >= 0.6 is 0 Å². The highest BCUT2D eigenvalue weighted by atomic mass is 16.4. The molecule has 0 amide bonds. The number of hydrogen-bond donors (Lipinski definition) is 4. The molecule has 2 unspecified atom stereocenters. The molecule has 0 aromatic carbocycles. The maximum Gasteiger partial charge on any atom is 0.320 e. The van der Waals surface area contributed by atoms with Gasteiger partial charge in [0.05, 0.1) is 18.1 Å². The van der Waals surface area contributed by atoms with Crippen LogP contribution in [0.3, 0.4) is 0 Å². The second kappa shape index (κ2) is 7.01. The van der Waals surface area contributed by atoms with Crippen molar-refractivity contribution in [3.05, 3.63) is 18.2 Å². The molecule has 1 aromatic heterocycles. The summed E-state index contributed by atoms with van der Waals surface area (Å²) in [6, 6.07) is -1.56. The molecule has 7 heteroatoms. The van der Waals surface area contributed by atoms with E-state index in [0.717, 1.165) is 5.69 Å². The number of carboxylic acids is 1. The van der Waals surface area contributed by atoms with Crippen molar-refractivity contribution in [2.45, 2.75) is 38.3 Å². The highest BCUT2D eigenvalue weighted by Crippen LogP contribution is 2.12. The van der Waals surface area contributed by atoms with E-state index in [-0.39, 0.29) is 24.5 Å². The van der Waals surface area contributed by atoms with E-state index >= 15 is 0 Å². The van der Waals surface area contributed by atoms with Crippen molar-refractivity contribution in [3.63, 3.8) is 0 Å². The van der Waals surface area contributed by atoms with Gasteiger partial charge in [-0.3, -0.25) is 9.59 Å². The molecule has 106 valence electrons. The zero-order valence-corrected chi connectivity index (χ0v) is 10.9. The molecule has 0 fully saturated rings. The zero-order valence-electron chi connectivity index (χ0n) is 10.9. The van der Waals surface area contributed by atoms with Gasteiger partial charge in [0.15, 0.2) is 0 Å². The van der Waals surface area contributed by atoms with Crippen LogP contribution in [0.15, 0.2) is 12.5 Å². The summed E-state index contributed by atoms with van der Waals surface area (Å²) >= 11 is 0. The monoisotopic (exact) mass is 268 g/mol. The number of H-pyrrole nitrogens is 1. The Morgan fingerprint density at radius 2 is 2.11 bits per heavy atom. The van der Waals surface area contributed by atoms with Crippen LogP contribution in [0.25, 0.3) is 0 Å². The number of aromatic amines is 1. The lowest BCUT2D eigenvalue weighted by molar-refractivity contribution is -0.139. The lowest BCUT2D eigenvalue weighted by Gasteiger charge is -2.16. The predicted molar refractivity (Wildman–Crippen MR) is 69.3 cm³/mol. The molecule has 0 aliphatic rings. The summed E-state index contributed by atoms with van der Waals surface area (Å²) in [7, 11) is 0. The molecule has 19 heavy (non-hydrogen) atoms. The van der Waals surface area contributed by atoms with Gasteiger partial charge < -0.3 is 21.6 Å². The fourth-order valence-corrected chi connectivity index (χ4v) is 1.85. The van der Waals surface area contributed by atoms with Crippen LogP contribution in [-0.4, -0.2) is 38.9 Å². The Hall–Kier alpha value is -1.73. The fraction of sp³-hybridized carbons (Fsp3) is 0.583. The third-order valence-corrected chi connectivity index (χ3v) is 2.92. The standard InChI is InChI=1S/C12H20N4O3/c1-7(2-10(14)12(18)19)3-11(17)9(13)4-8-5-15-6-16-8/h5-7,9-10H,2-4,13-14H2,1H3,(H,15,16)(H,18,19)/t7?,9?,10-/m0/s1. The molecular formula is C12H20N4O3. The van der Waals surface area contributed by atoms with Gasteiger partial charge in [0.1, 0.15) is 11.8 Å². The molecule has 0 saturated carbocycles. The quantitative estimate of drug-likeness (QED) is 0.510. The van der Waals surface area contributed by atoms with Gasteiger partial charge in [-0.2, -0.15) is 0 Å². The number of nitrogens with two attached hydrogens (primary N) is 2. The number of carbonyl (C=O) groups excluding carboxylic acids is 1. The lowest BCUT2D eigenvalue weighted by Crippen LogP contribution is -2.36. The van der Waals surface area contributed by atoms with Crippen molar-refractivity contribution in [2.24, 2.45) is 17.4 Å². The molecule has 0 aliphatic carbocycles. The van der Waals surface area contributed by atoms with E-state index in [9.17, 15) is 9.59 Å². The number of carbonyl (C=O) groups is 2. The van der Waals surface area contributed by atoms with E-state index in [1.807, 2.05) is 0 Å². The Labute approximate surface area is 111 Å².